The Labute approximate surface area is 183 Å². The van der Waals surface area contributed by atoms with Crippen molar-refractivity contribution < 1.29 is 13.2 Å². The summed E-state index contributed by atoms with van der Waals surface area (Å²) in [5, 5.41) is 8.47. The van der Waals surface area contributed by atoms with Crippen molar-refractivity contribution in [3.63, 3.8) is 0 Å². The average molecular weight is 438 g/mol. The first kappa shape index (κ1) is 21.5. The first-order chi connectivity index (χ1) is 14.7. The Hall–Kier alpha value is -2.77. The van der Waals surface area contributed by atoms with E-state index < -0.39 is 15.6 Å². The fourth-order valence-corrected chi connectivity index (χ4v) is 4.17. The number of ketones is 1. The van der Waals surface area contributed by atoms with E-state index in [-0.39, 0.29) is 10.7 Å². The van der Waals surface area contributed by atoms with Crippen LogP contribution in [0.5, 0.6) is 0 Å². The first-order valence-corrected chi connectivity index (χ1v) is 12.0. The molecule has 2 saturated carbocycles. The van der Waals surface area contributed by atoms with Crippen LogP contribution in [0.3, 0.4) is 0 Å². The Balaban J connectivity index is 1.58. The van der Waals surface area contributed by atoms with Crippen molar-refractivity contribution in [1.82, 2.24) is 0 Å². The molecule has 4 rings (SSSR count). The summed E-state index contributed by atoms with van der Waals surface area (Å²) in [5.74, 6) is 1.33. The molecular formula is C24H27N3O3S. The van der Waals surface area contributed by atoms with E-state index in [9.17, 15) is 13.2 Å². The summed E-state index contributed by atoms with van der Waals surface area (Å²) in [6, 6.07) is 16.1. The average Bonchev–Trinajstić information content (AvgIpc) is 3.65. The molecule has 2 fully saturated rings. The van der Waals surface area contributed by atoms with Gasteiger partial charge in [0.1, 0.15) is 11.4 Å². The van der Waals surface area contributed by atoms with Gasteiger partial charge in [0.15, 0.2) is 5.78 Å². The number of hydrogen-bond donors (Lipinski definition) is 2. The number of amidine groups is 1. The number of anilines is 1. The second-order valence-corrected chi connectivity index (χ2v) is 10.1. The van der Waals surface area contributed by atoms with Crippen molar-refractivity contribution in [2.45, 2.75) is 49.0 Å². The lowest BCUT2D eigenvalue weighted by atomic mass is 9.99. The van der Waals surface area contributed by atoms with E-state index in [0.29, 0.717) is 29.4 Å². The van der Waals surface area contributed by atoms with Crippen molar-refractivity contribution in [3.8, 4) is 0 Å². The van der Waals surface area contributed by atoms with Crippen molar-refractivity contribution in [1.29, 1.82) is 0 Å². The minimum Gasteiger partial charge on any atom is -0.344 e. The van der Waals surface area contributed by atoms with Crippen LogP contribution in [0, 0.1) is 5.92 Å². The minimum atomic E-state index is -3.75. The molecule has 0 aliphatic heterocycles. The predicted octanol–water partition coefficient (Wildman–Crippen LogP) is 3.85. The van der Waals surface area contributed by atoms with E-state index >= 15 is 0 Å². The number of primary sulfonamides is 1. The van der Waals surface area contributed by atoms with Crippen LogP contribution in [-0.2, 0) is 21.2 Å². The number of Topliss-reactive ketones (excluding diaryl/α,β-unsaturated/α-hetero) is 1. The molecule has 31 heavy (non-hydrogen) atoms. The number of carbonyl (C=O) groups excluding carboxylic acids is 1. The summed E-state index contributed by atoms with van der Waals surface area (Å²) in [4.78, 5) is 18.0. The van der Waals surface area contributed by atoms with Crippen LogP contribution in [0.15, 0.2) is 76.6 Å². The zero-order chi connectivity index (χ0) is 22.1. The first-order valence-electron chi connectivity index (χ1n) is 10.5. The predicted molar refractivity (Wildman–Crippen MR) is 122 cm³/mol. The summed E-state index contributed by atoms with van der Waals surface area (Å²) < 4.78 is 23.0. The molecule has 3 N–H and O–H groups in total. The smallest absolute Gasteiger partial charge is 0.238 e. The Bertz CT molecular complexity index is 1110. The molecule has 7 heteroatoms. The van der Waals surface area contributed by atoms with Gasteiger partial charge in [-0.05, 0) is 73.4 Å². The quantitative estimate of drug-likeness (QED) is 0.353. The van der Waals surface area contributed by atoms with E-state index in [1.165, 1.54) is 25.0 Å². The molecule has 2 aliphatic rings. The highest BCUT2D eigenvalue weighted by atomic mass is 32.2. The fourth-order valence-electron chi connectivity index (χ4n) is 3.65. The van der Waals surface area contributed by atoms with Crippen LogP contribution in [-0.4, -0.2) is 25.6 Å². The molecule has 0 unspecified atom stereocenters. The molecule has 0 atom stereocenters. The molecular weight excluding hydrogens is 410 g/mol. The van der Waals surface area contributed by atoms with E-state index in [2.05, 4.69) is 11.9 Å². The van der Waals surface area contributed by atoms with Gasteiger partial charge in [-0.2, -0.15) is 0 Å². The van der Waals surface area contributed by atoms with Crippen LogP contribution in [0.1, 0.15) is 37.7 Å². The number of rotatable bonds is 9. The number of benzene rings is 2. The molecule has 0 radical (unpaired) electrons. The van der Waals surface area contributed by atoms with Gasteiger partial charge in [0.2, 0.25) is 10.0 Å². The molecule has 2 aromatic rings. The van der Waals surface area contributed by atoms with E-state index in [1.54, 1.807) is 12.1 Å². The maximum Gasteiger partial charge on any atom is 0.238 e. The number of carbonyl (C=O) groups is 1. The Kier molecular flexibility index (Phi) is 5.81. The number of nitrogens with zero attached hydrogens (tertiary/aromatic N) is 1. The second-order valence-electron chi connectivity index (χ2n) is 8.53. The highest BCUT2D eigenvalue weighted by Crippen LogP contribution is 2.45. The molecule has 2 aromatic carbocycles. The van der Waals surface area contributed by atoms with E-state index in [4.69, 9.17) is 10.1 Å². The molecule has 0 bridgehead atoms. The van der Waals surface area contributed by atoms with Crippen LogP contribution >= 0.6 is 0 Å². The van der Waals surface area contributed by atoms with Crippen molar-refractivity contribution in [2.24, 2.45) is 16.0 Å². The zero-order valence-electron chi connectivity index (χ0n) is 17.4. The van der Waals surface area contributed by atoms with Crippen LogP contribution in [0.4, 0.5) is 5.69 Å². The molecule has 6 nitrogen and oxygen atoms in total. The van der Waals surface area contributed by atoms with Gasteiger partial charge in [0.25, 0.3) is 0 Å². The topological polar surface area (TPSA) is 102 Å². The third-order valence-electron chi connectivity index (χ3n) is 5.73. The van der Waals surface area contributed by atoms with Gasteiger partial charge < -0.3 is 5.32 Å². The van der Waals surface area contributed by atoms with Crippen LogP contribution < -0.4 is 10.5 Å². The standard InChI is InChI=1S/C24H27N3O3S/c1-17(15-19-7-8-19)23(28)24(13-14-24)27-22(16-18-5-3-2-4-6-18)26-20-9-11-21(12-10-20)31(25,29)30/h2-6,9-12,19H,1,7-8,13-16H2,(H,26,27)(H2,25,29,30). The molecule has 0 spiro atoms. The van der Waals surface area contributed by atoms with Gasteiger partial charge in [-0.3, -0.25) is 9.79 Å². The maximum absolute atomic E-state index is 13.1. The Morgan fingerprint density at radius 2 is 1.74 bits per heavy atom. The van der Waals surface area contributed by atoms with Crippen LogP contribution in [0.25, 0.3) is 0 Å². The number of nitrogens with two attached hydrogens (primary N) is 1. The summed E-state index contributed by atoms with van der Waals surface area (Å²) in [6.07, 6.45) is 5.10. The number of aliphatic imine (C=N–C) groups is 1. The van der Waals surface area contributed by atoms with Crippen molar-refractivity contribution >= 4 is 27.3 Å². The second kappa shape index (κ2) is 8.40. The van der Waals surface area contributed by atoms with Gasteiger partial charge in [-0.15, -0.1) is 0 Å². The molecule has 0 aromatic heterocycles. The highest BCUT2D eigenvalue weighted by molar-refractivity contribution is 7.89. The third kappa shape index (κ3) is 5.48. The molecule has 0 heterocycles. The Morgan fingerprint density at radius 3 is 2.29 bits per heavy atom. The normalized spacial score (nSPS) is 17.8. The van der Waals surface area contributed by atoms with E-state index in [1.807, 2.05) is 30.3 Å². The van der Waals surface area contributed by atoms with Gasteiger partial charge >= 0.3 is 0 Å². The monoisotopic (exact) mass is 437 g/mol. The van der Waals surface area contributed by atoms with Crippen molar-refractivity contribution in [3.05, 3.63) is 72.3 Å². The minimum absolute atomic E-state index is 0.0461. The largest absolute Gasteiger partial charge is 0.344 e. The Morgan fingerprint density at radius 1 is 1.10 bits per heavy atom. The third-order valence-corrected chi connectivity index (χ3v) is 6.66. The van der Waals surface area contributed by atoms with Gasteiger partial charge in [0, 0.05) is 12.1 Å². The molecule has 0 saturated heterocycles. The maximum atomic E-state index is 13.1. The molecule has 0 amide bonds. The van der Waals surface area contributed by atoms with Gasteiger partial charge in [-0.25, -0.2) is 13.6 Å². The summed E-state index contributed by atoms with van der Waals surface area (Å²) in [6.45, 7) is 4.04. The highest BCUT2D eigenvalue weighted by Gasteiger charge is 2.51. The van der Waals surface area contributed by atoms with Gasteiger partial charge in [-0.1, -0.05) is 36.9 Å². The lowest BCUT2D eigenvalue weighted by Crippen LogP contribution is -2.27. The summed E-state index contributed by atoms with van der Waals surface area (Å²) >= 11 is 0. The summed E-state index contributed by atoms with van der Waals surface area (Å²) in [5.41, 5.74) is 1.71. The fraction of sp³-hybridized carbons (Fsp3) is 0.333. The van der Waals surface area contributed by atoms with Crippen LogP contribution in [0.2, 0.25) is 0 Å². The number of sulfonamides is 1. The summed E-state index contributed by atoms with van der Waals surface area (Å²) in [7, 11) is -3.75. The number of hydrogen-bond acceptors (Lipinski definition) is 4. The van der Waals surface area contributed by atoms with Gasteiger partial charge in [0.05, 0.1) is 4.90 Å². The SMILES string of the molecule is C=C(CC1CC1)C(=O)C1(N=C(Cc2ccccc2)Nc2ccc(S(N)(=O)=O)cc2)CC1. The van der Waals surface area contributed by atoms with Crippen molar-refractivity contribution in [2.75, 3.05) is 5.32 Å². The molecule has 162 valence electrons. The lowest BCUT2D eigenvalue weighted by molar-refractivity contribution is -0.117. The van der Waals surface area contributed by atoms with E-state index in [0.717, 1.165) is 24.8 Å². The number of nitrogens with one attached hydrogen (secondary N) is 1. The molecule has 2 aliphatic carbocycles. The zero-order valence-corrected chi connectivity index (χ0v) is 18.2. The lowest BCUT2D eigenvalue weighted by Gasteiger charge is -2.16.